The summed E-state index contributed by atoms with van der Waals surface area (Å²) in [6.45, 7) is 1.29. The number of nitrogens with one attached hydrogen (secondary N) is 1. The van der Waals surface area contributed by atoms with Crippen molar-refractivity contribution in [2.24, 2.45) is 0 Å². The van der Waals surface area contributed by atoms with Crippen molar-refractivity contribution in [3.63, 3.8) is 0 Å². The molecule has 0 saturated heterocycles. The number of nitriles is 1. The molecule has 0 amide bonds. The zero-order valence-corrected chi connectivity index (χ0v) is 19.9. The lowest BCUT2D eigenvalue weighted by Gasteiger charge is -2.40. The Morgan fingerprint density at radius 3 is 2.49 bits per heavy atom. The minimum atomic E-state index is -3.78. The fraction of sp³-hybridized carbons (Fsp3) is 0.185. The van der Waals surface area contributed by atoms with E-state index in [2.05, 4.69) is 20.9 Å². The fourth-order valence-electron chi connectivity index (χ4n) is 4.62. The van der Waals surface area contributed by atoms with E-state index in [4.69, 9.17) is 0 Å². The summed E-state index contributed by atoms with van der Waals surface area (Å²) >= 11 is 0. The van der Waals surface area contributed by atoms with Gasteiger partial charge in [-0.15, -0.1) is 0 Å². The number of imidazole rings is 1. The Labute approximate surface area is 205 Å². The summed E-state index contributed by atoms with van der Waals surface area (Å²) in [6.07, 6.45) is 3.99. The maximum absolute atomic E-state index is 13.9. The molecule has 0 aliphatic carbocycles. The Bertz CT molecular complexity index is 1430. The van der Waals surface area contributed by atoms with Crippen molar-refractivity contribution >= 4 is 15.7 Å². The molecule has 1 N–H and O–H groups in total. The van der Waals surface area contributed by atoms with Gasteiger partial charge in [0.2, 0.25) is 10.0 Å². The van der Waals surface area contributed by atoms with E-state index in [0.717, 1.165) is 22.5 Å². The first kappa shape index (κ1) is 22.8. The Morgan fingerprint density at radius 1 is 1.06 bits per heavy atom. The van der Waals surface area contributed by atoms with Gasteiger partial charge in [0.1, 0.15) is 0 Å². The van der Waals surface area contributed by atoms with Crippen LogP contribution in [0.2, 0.25) is 0 Å². The van der Waals surface area contributed by atoms with E-state index in [1.807, 2.05) is 54.7 Å². The molecule has 8 heteroatoms. The zero-order valence-electron chi connectivity index (χ0n) is 19.1. The van der Waals surface area contributed by atoms with Gasteiger partial charge in [0.25, 0.3) is 0 Å². The average Bonchev–Trinajstić information content (AvgIpc) is 3.41. The molecule has 1 atom stereocenters. The number of rotatable bonds is 7. The standard InChI is InChI=1S/C27H25N5O2S/c28-15-22-11-12-27-23(13-22)14-25(19-31(27)18-24-16-29-20-30-24)32(17-21-7-3-1-4-8-21)35(33,34)26-9-5-2-6-10-26/h1-13,16,20,25H,14,17-19H2,(H,29,30). The summed E-state index contributed by atoms with van der Waals surface area (Å²) in [6, 6.07) is 25.7. The van der Waals surface area contributed by atoms with E-state index in [-0.39, 0.29) is 17.5 Å². The van der Waals surface area contributed by atoms with Crippen LogP contribution in [0, 0.1) is 11.3 Å². The normalized spacial score (nSPS) is 15.5. The third-order valence-corrected chi connectivity index (χ3v) is 8.19. The van der Waals surface area contributed by atoms with Crippen molar-refractivity contribution < 1.29 is 8.42 Å². The van der Waals surface area contributed by atoms with Crippen LogP contribution in [0.25, 0.3) is 0 Å². The molecule has 0 saturated carbocycles. The highest BCUT2D eigenvalue weighted by molar-refractivity contribution is 7.89. The van der Waals surface area contributed by atoms with Gasteiger partial charge in [0, 0.05) is 31.0 Å². The van der Waals surface area contributed by atoms with Crippen LogP contribution in [-0.2, 0) is 29.5 Å². The third kappa shape index (κ3) is 4.83. The number of H-pyrrole nitrogens is 1. The maximum atomic E-state index is 13.9. The van der Waals surface area contributed by atoms with Crippen LogP contribution in [0.15, 0.2) is 96.3 Å². The summed E-state index contributed by atoms with van der Waals surface area (Å²) in [4.78, 5) is 9.78. The number of sulfonamides is 1. The van der Waals surface area contributed by atoms with Gasteiger partial charge in [-0.25, -0.2) is 13.4 Å². The first-order chi connectivity index (χ1) is 17.0. The SMILES string of the molecule is N#Cc1ccc2c(c1)CC(N(Cc1ccccc1)S(=O)(=O)c1ccccc1)CN2Cc1c[nH]cn1. The lowest BCUT2D eigenvalue weighted by Crippen LogP contribution is -2.50. The van der Waals surface area contributed by atoms with Crippen molar-refractivity contribution in [2.75, 3.05) is 11.4 Å². The molecule has 3 aromatic carbocycles. The number of nitrogens with zero attached hydrogens (tertiary/aromatic N) is 4. The van der Waals surface area contributed by atoms with Gasteiger partial charge in [-0.3, -0.25) is 0 Å². The lowest BCUT2D eigenvalue weighted by atomic mass is 9.95. The molecular weight excluding hydrogens is 458 g/mol. The van der Waals surface area contributed by atoms with E-state index in [1.165, 1.54) is 0 Å². The molecule has 35 heavy (non-hydrogen) atoms. The van der Waals surface area contributed by atoms with Crippen LogP contribution in [0.1, 0.15) is 22.4 Å². The smallest absolute Gasteiger partial charge is 0.243 e. The van der Waals surface area contributed by atoms with Gasteiger partial charge in [-0.05, 0) is 47.9 Å². The molecule has 176 valence electrons. The predicted octanol–water partition coefficient (Wildman–Crippen LogP) is 4.10. The van der Waals surface area contributed by atoms with E-state index >= 15 is 0 Å². The second-order valence-electron chi connectivity index (χ2n) is 8.60. The largest absolute Gasteiger partial charge is 0.364 e. The van der Waals surface area contributed by atoms with Gasteiger partial charge in [0.15, 0.2) is 0 Å². The number of hydrogen-bond donors (Lipinski definition) is 1. The van der Waals surface area contributed by atoms with E-state index in [0.29, 0.717) is 25.1 Å². The molecule has 5 rings (SSSR count). The minimum Gasteiger partial charge on any atom is -0.364 e. The molecule has 0 fully saturated rings. The highest BCUT2D eigenvalue weighted by Gasteiger charge is 2.36. The Morgan fingerprint density at radius 2 is 1.80 bits per heavy atom. The molecule has 1 unspecified atom stereocenters. The molecule has 4 aromatic rings. The molecule has 1 aliphatic rings. The van der Waals surface area contributed by atoms with Gasteiger partial charge in [-0.1, -0.05) is 48.5 Å². The van der Waals surface area contributed by atoms with Crippen LogP contribution >= 0.6 is 0 Å². The molecule has 0 spiro atoms. The van der Waals surface area contributed by atoms with E-state index < -0.39 is 10.0 Å². The Balaban J connectivity index is 1.57. The summed E-state index contributed by atoms with van der Waals surface area (Å²) in [5.41, 5.74) is 4.30. The van der Waals surface area contributed by atoms with Crippen LogP contribution in [0.3, 0.4) is 0 Å². The topological polar surface area (TPSA) is 93.1 Å². The van der Waals surface area contributed by atoms with Crippen LogP contribution in [-0.4, -0.2) is 35.3 Å². The molecule has 0 radical (unpaired) electrons. The van der Waals surface area contributed by atoms with Gasteiger partial charge < -0.3 is 9.88 Å². The summed E-state index contributed by atoms with van der Waals surface area (Å²) in [7, 11) is -3.78. The molecular formula is C27H25N5O2S. The van der Waals surface area contributed by atoms with E-state index in [9.17, 15) is 13.7 Å². The number of aromatic amines is 1. The second-order valence-corrected chi connectivity index (χ2v) is 10.5. The first-order valence-electron chi connectivity index (χ1n) is 11.4. The quantitative estimate of drug-likeness (QED) is 0.427. The summed E-state index contributed by atoms with van der Waals surface area (Å²) in [5.74, 6) is 0. The molecule has 1 aromatic heterocycles. The van der Waals surface area contributed by atoms with Crippen LogP contribution in [0.5, 0.6) is 0 Å². The number of fused-ring (bicyclic) bond motifs is 1. The highest BCUT2D eigenvalue weighted by atomic mass is 32.2. The minimum absolute atomic E-state index is 0.256. The predicted molar refractivity (Wildman–Crippen MR) is 134 cm³/mol. The molecule has 7 nitrogen and oxygen atoms in total. The number of benzene rings is 3. The van der Waals surface area contributed by atoms with Crippen LogP contribution < -0.4 is 4.90 Å². The second kappa shape index (κ2) is 9.74. The van der Waals surface area contributed by atoms with Gasteiger partial charge in [-0.2, -0.15) is 9.57 Å². The summed E-state index contributed by atoms with van der Waals surface area (Å²) < 4.78 is 29.5. The lowest BCUT2D eigenvalue weighted by molar-refractivity contribution is 0.302. The molecule has 2 heterocycles. The van der Waals surface area contributed by atoms with Gasteiger partial charge in [0.05, 0.1) is 35.1 Å². The molecule has 1 aliphatic heterocycles. The highest BCUT2D eigenvalue weighted by Crippen LogP contribution is 2.33. The van der Waals surface area contributed by atoms with Crippen molar-refractivity contribution in [3.8, 4) is 6.07 Å². The van der Waals surface area contributed by atoms with Crippen molar-refractivity contribution in [3.05, 3.63) is 114 Å². The number of hydrogen-bond acceptors (Lipinski definition) is 5. The monoisotopic (exact) mass is 483 g/mol. The Kier molecular flexibility index (Phi) is 6.36. The maximum Gasteiger partial charge on any atom is 0.243 e. The zero-order chi connectivity index (χ0) is 24.3. The Hall–Kier alpha value is -3.93. The van der Waals surface area contributed by atoms with Gasteiger partial charge >= 0.3 is 0 Å². The molecule has 0 bridgehead atoms. The fourth-order valence-corrected chi connectivity index (χ4v) is 6.24. The van der Waals surface area contributed by atoms with E-state index in [1.54, 1.807) is 41.0 Å². The van der Waals surface area contributed by atoms with Crippen molar-refractivity contribution in [1.82, 2.24) is 14.3 Å². The van der Waals surface area contributed by atoms with Crippen molar-refractivity contribution in [2.45, 2.75) is 30.4 Å². The van der Waals surface area contributed by atoms with Crippen LogP contribution in [0.4, 0.5) is 5.69 Å². The average molecular weight is 484 g/mol. The number of anilines is 1. The third-order valence-electron chi connectivity index (χ3n) is 6.28. The number of aromatic nitrogens is 2. The summed E-state index contributed by atoms with van der Waals surface area (Å²) in [5, 5.41) is 9.48. The van der Waals surface area contributed by atoms with Crippen molar-refractivity contribution in [1.29, 1.82) is 5.26 Å². The first-order valence-corrected chi connectivity index (χ1v) is 12.8.